The second-order valence-corrected chi connectivity index (χ2v) is 6.30. The molecule has 1 heterocycles. The second kappa shape index (κ2) is 6.83. The van der Waals surface area contributed by atoms with Crippen LogP contribution >= 0.6 is 0 Å². The van der Waals surface area contributed by atoms with Gasteiger partial charge in [0.15, 0.2) is 6.61 Å². The number of ether oxygens (including phenoxy) is 2. The van der Waals surface area contributed by atoms with Gasteiger partial charge in [-0.05, 0) is 18.2 Å². The summed E-state index contributed by atoms with van der Waals surface area (Å²) < 4.78 is 49.5. The van der Waals surface area contributed by atoms with Gasteiger partial charge < -0.3 is 9.47 Å². The molecule has 2 rings (SSSR count). The van der Waals surface area contributed by atoms with Gasteiger partial charge in [-0.25, -0.2) is 17.6 Å². The molecule has 22 heavy (non-hydrogen) atoms. The first-order valence-corrected chi connectivity index (χ1v) is 7.82. The zero-order chi connectivity index (χ0) is 16.2. The molecule has 0 unspecified atom stereocenters. The van der Waals surface area contributed by atoms with Crippen LogP contribution in [0, 0.1) is 17.1 Å². The number of carbonyl (C=O) groups is 1. The van der Waals surface area contributed by atoms with Gasteiger partial charge in [0.05, 0.1) is 18.8 Å². The van der Waals surface area contributed by atoms with Crippen molar-refractivity contribution in [1.29, 1.82) is 5.26 Å². The average Bonchev–Trinajstić information content (AvgIpc) is 2.53. The molecule has 0 bridgehead atoms. The Morgan fingerprint density at radius 3 is 2.73 bits per heavy atom. The van der Waals surface area contributed by atoms with Crippen molar-refractivity contribution in [2.45, 2.75) is 4.90 Å². The maximum atomic E-state index is 13.9. The molecular weight excluding hydrogens is 315 g/mol. The molecule has 1 saturated heterocycles. The average molecular weight is 328 g/mol. The van der Waals surface area contributed by atoms with Crippen LogP contribution < -0.4 is 0 Å². The van der Waals surface area contributed by atoms with Crippen molar-refractivity contribution < 1.29 is 27.1 Å². The Kier molecular flexibility index (Phi) is 5.07. The van der Waals surface area contributed by atoms with Crippen LogP contribution in [0.2, 0.25) is 0 Å². The first-order chi connectivity index (χ1) is 10.5. The van der Waals surface area contributed by atoms with E-state index >= 15 is 0 Å². The van der Waals surface area contributed by atoms with Crippen molar-refractivity contribution in [3.63, 3.8) is 0 Å². The Morgan fingerprint density at radius 1 is 1.41 bits per heavy atom. The predicted octanol–water partition coefficient (Wildman–Crippen LogP) is 0.527. The van der Waals surface area contributed by atoms with Crippen molar-refractivity contribution in [2.24, 2.45) is 0 Å². The SMILES string of the molecule is N#CCOC(=O)c1ccc(F)c(S(=O)(=O)N2CCOCC2)c1. The zero-order valence-electron chi connectivity index (χ0n) is 11.5. The van der Waals surface area contributed by atoms with Crippen molar-refractivity contribution in [3.8, 4) is 6.07 Å². The molecule has 0 aliphatic carbocycles. The van der Waals surface area contributed by atoms with E-state index in [4.69, 9.17) is 10.00 Å². The Morgan fingerprint density at radius 2 is 2.09 bits per heavy atom. The summed E-state index contributed by atoms with van der Waals surface area (Å²) in [5.74, 6) is -1.84. The monoisotopic (exact) mass is 328 g/mol. The molecule has 0 atom stereocenters. The van der Waals surface area contributed by atoms with Crippen molar-refractivity contribution in [3.05, 3.63) is 29.6 Å². The van der Waals surface area contributed by atoms with E-state index in [0.717, 1.165) is 22.5 Å². The van der Waals surface area contributed by atoms with Gasteiger partial charge >= 0.3 is 5.97 Å². The minimum atomic E-state index is -4.06. The number of hydrogen-bond acceptors (Lipinski definition) is 6. The zero-order valence-corrected chi connectivity index (χ0v) is 12.3. The van der Waals surface area contributed by atoms with E-state index in [-0.39, 0.29) is 31.9 Å². The third kappa shape index (κ3) is 3.41. The highest BCUT2D eigenvalue weighted by Gasteiger charge is 2.29. The fraction of sp³-hybridized carbons (Fsp3) is 0.385. The summed E-state index contributed by atoms with van der Waals surface area (Å²) in [4.78, 5) is 11.0. The third-order valence-corrected chi connectivity index (χ3v) is 4.94. The van der Waals surface area contributed by atoms with Gasteiger partial charge in [0.2, 0.25) is 10.0 Å². The molecule has 9 heteroatoms. The van der Waals surface area contributed by atoms with Crippen LogP contribution in [0.5, 0.6) is 0 Å². The largest absolute Gasteiger partial charge is 0.447 e. The van der Waals surface area contributed by atoms with Crippen LogP contribution in [0.4, 0.5) is 4.39 Å². The Hall–Kier alpha value is -2.02. The van der Waals surface area contributed by atoms with E-state index in [0.29, 0.717) is 0 Å². The van der Waals surface area contributed by atoms with Crippen LogP contribution in [-0.2, 0) is 19.5 Å². The fourth-order valence-electron chi connectivity index (χ4n) is 1.94. The first-order valence-electron chi connectivity index (χ1n) is 6.38. The lowest BCUT2D eigenvalue weighted by molar-refractivity contribution is 0.0554. The molecule has 0 saturated carbocycles. The van der Waals surface area contributed by atoms with Gasteiger partial charge in [-0.15, -0.1) is 0 Å². The van der Waals surface area contributed by atoms with Crippen molar-refractivity contribution in [2.75, 3.05) is 32.9 Å². The smallest absolute Gasteiger partial charge is 0.339 e. The van der Waals surface area contributed by atoms with E-state index in [1.807, 2.05) is 0 Å². The maximum Gasteiger partial charge on any atom is 0.339 e. The standard InChI is InChI=1S/C13H13FN2O5S/c14-11-2-1-10(13(17)21-6-3-15)9-12(11)22(18,19)16-4-7-20-8-5-16/h1-2,9H,4-8H2. The molecule has 7 nitrogen and oxygen atoms in total. The number of rotatable bonds is 4. The molecule has 0 amide bonds. The Balaban J connectivity index is 2.33. The predicted molar refractivity (Wildman–Crippen MR) is 71.9 cm³/mol. The maximum absolute atomic E-state index is 13.9. The quantitative estimate of drug-likeness (QED) is 0.748. The highest BCUT2D eigenvalue weighted by atomic mass is 32.2. The molecular formula is C13H13FN2O5S. The molecule has 0 spiro atoms. The van der Waals surface area contributed by atoms with Gasteiger partial charge in [-0.2, -0.15) is 9.57 Å². The highest BCUT2D eigenvalue weighted by molar-refractivity contribution is 7.89. The number of carbonyl (C=O) groups excluding carboxylic acids is 1. The van der Waals surface area contributed by atoms with E-state index < -0.39 is 33.3 Å². The van der Waals surface area contributed by atoms with E-state index in [1.54, 1.807) is 6.07 Å². The molecule has 1 aliphatic rings. The molecule has 0 N–H and O–H groups in total. The van der Waals surface area contributed by atoms with Crippen LogP contribution in [0.1, 0.15) is 10.4 Å². The highest BCUT2D eigenvalue weighted by Crippen LogP contribution is 2.22. The van der Waals surface area contributed by atoms with Gasteiger partial charge in [-0.3, -0.25) is 0 Å². The molecule has 1 aliphatic heterocycles. The number of esters is 1. The first kappa shape index (κ1) is 16.4. The Bertz CT molecular complexity index is 708. The summed E-state index contributed by atoms with van der Waals surface area (Å²) in [7, 11) is -4.06. The number of morpholine rings is 1. The fourth-order valence-corrected chi connectivity index (χ4v) is 3.43. The normalized spacial score (nSPS) is 16.0. The summed E-state index contributed by atoms with van der Waals surface area (Å²) in [5.41, 5.74) is -0.136. The molecule has 1 aromatic rings. The number of halogens is 1. The summed E-state index contributed by atoms with van der Waals surface area (Å²) in [5, 5.41) is 8.36. The summed E-state index contributed by atoms with van der Waals surface area (Å²) >= 11 is 0. The van der Waals surface area contributed by atoms with E-state index in [1.165, 1.54) is 0 Å². The molecule has 0 aromatic heterocycles. The summed E-state index contributed by atoms with van der Waals surface area (Å²) in [6, 6.07) is 4.53. The molecule has 1 fully saturated rings. The number of nitrogens with zero attached hydrogens (tertiary/aromatic N) is 2. The van der Waals surface area contributed by atoms with Crippen LogP contribution in [-0.4, -0.2) is 51.6 Å². The minimum absolute atomic E-state index is 0.116. The van der Waals surface area contributed by atoms with E-state index in [2.05, 4.69) is 4.74 Å². The lowest BCUT2D eigenvalue weighted by Crippen LogP contribution is -2.41. The molecule has 0 radical (unpaired) electrons. The summed E-state index contributed by atoms with van der Waals surface area (Å²) in [6.45, 7) is 0.215. The van der Waals surface area contributed by atoms with Gasteiger partial charge in [0, 0.05) is 13.1 Å². The summed E-state index contributed by atoms with van der Waals surface area (Å²) in [6.07, 6.45) is 0. The van der Waals surface area contributed by atoms with Crippen LogP contribution in [0.25, 0.3) is 0 Å². The number of benzene rings is 1. The van der Waals surface area contributed by atoms with Gasteiger partial charge in [0.1, 0.15) is 16.8 Å². The topological polar surface area (TPSA) is 96.7 Å². The number of sulfonamides is 1. The van der Waals surface area contributed by atoms with Gasteiger partial charge in [-0.1, -0.05) is 0 Å². The number of nitriles is 1. The number of hydrogen-bond donors (Lipinski definition) is 0. The lowest BCUT2D eigenvalue weighted by atomic mass is 10.2. The van der Waals surface area contributed by atoms with Crippen molar-refractivity contribution >= 4 is 16.0 Å². The third-order valence-electron chi connectivity index (χ3n) is 3.02. The Labute approximate surface area is 126 Å². The second-order valence-electron chi connectivity index (χ2n) is 4.40. The van der Waals surface area contributed by atoms with E-state index in [9.17, 15) is 17.6 Å². The van der Waals surface area contributed by atoms with Crippen LogP contribution in [0.15, 0.2) is 23.1 Å². The minimum Gasteiger partial charge on any atom is -0.447 e. The van der Waals surface area contributed by atoms with Crippen LogP contribution in [0.3, 0.4) is 0 Å². The lowest BCUT2D eigenvalue weighted by Gasteiger charge is -2.26. The van der Waals surface area contributed by atoms with Crippen molar-refractivity contribution in [1.82, 2.24) is 4.31 Å². The molecule has 1 aromatic carbocycles. The van der Waals surface area contributed by atoms with Gasteiger partial charge in [0.25, 0.3) is 0 Å². The molecule has 118 valence electrons.